The Morgan fingerprint density at radius 1 is 1.21 bits per heavy atom. The van der Waals surface area contributed by atoms with E-state index < -0.39 is 5.91 Å². The lowest BCUT2D eigenvalue weighted by Crippen LogP contribution is -2.40. The van der Waals surface area contributed by atoms with E-state index in [1.165, 1.54) is 4.90 Å². The number of hydrogen-bond acceptors (Lipinski definition) is 5. The Labute approximate surface area is 145 Å². The van der Waals surface area contributed by atoms with Crippen LogP contribution in [0.5, 0.6) is 5.75 Å². The largest absolute Gasteiger partial charge is 0.484 e. The van der Waals surface area contributed by atoms with Gasteiger partial charge in [-0.1, -0.05) is 11.6 Å². The molecular weight excluding hydrogens is 336 g/mol. The lowest BCUT2D eigenvalue weighted by molar-refractivity contribution is -0.144. The number of ether oxygens (including phenoxy) is 2. The average molecular weight is 357 g/mol. The van der Waals surface area contributed by atoms with E-state index in [4.69, 9.17) is 21.1 Å². The van der Waals surface area contributed by atoms with Crippen molar-refractivity contribution < 1.29 is 23.9 Å². The quantitative estimate of drug-likeness (QED) is 0.673. The Balaban J connectivity index is 2.23. The Hall–Kier alpha value is -2.28. The van der Waals surface area contributed by atoms with Crippen LogP contribution in [0.2, 0.25) is 5.02 Å². The van der Waals surface area contributed by atoms with Gasteiger partial charge in [0.1, 0.15) is 5.75 Å². The first-order valence-electron chi connectivity index (χ1n) is 7.47. The third-order valence-electron chi connectivity index (χ3n) is 3.00. The lowest BCUT2D eigenvalue weighted by atomic mass is 10.3. The van der Waals surface area contributed by atoms with Crippen LogP contribution in [-0.4, -0.2) is 56.0 Å². The van der Waals surface area contributed by atoms with E-state index in [-0.39, 0.29) is 38.0 Å². The maximum absolute atomic E-state index is 11.8. The van der Waals surface area contributed by atoms with Crippen LogP contribution in [0.15, 0.2) is 24.3 Å². The van der Waals surface area contributed by atoms with E-state index in [1.807, 2.05) is 0 Å². The highest BCUT2D eigenvalue weighted by Crippen LogP contribution is 2.15. The van der Waals surface area contributed by atoms with Crippen molar-refractivity contribution in [1.82, 2.24) is 10.2 Å². The topological polar surface area (TPSA) is 84.9 Å². The van der Waals surface area contributed by atoms with E-state index in [9.17, 15) is 14.4 Å². The summed E-state index contributed by atoms with van der Waals surface area (Å²) in [6.07, 6.45) is 0.115. The predicted molar refractivity (Wildman–Crippen MR) is 88.8 cm³/mol. The van der Waals surface area contributed by atoms with Crippen LogP contribution in [0.1, 0.15) is 13.3 Å². The molecule has 0 fully saturated rings. The molecule has 0 spiro atoms. The molecular formula is C16H21ClN2O5. The summed E-state index contributed by atoms with van der Waals surface area (Å²) in [5.74, 6) is -0.582. The van der Waals surface area contributed by atoms with Gasteiger partial charge in [0.05, 0.1) is 19.6 Å². The zero-order valence-corrected chi connectivity index (χ0v) is 14.5. The van der Waals surface area contributed by atoms with Crippen molar-refractivity contribution in [2.75, 3.05) is 33.4 Å². The Morgan fingerprint density at radius 3 is 2.50 bits per heavy atom. The number of nitrogens with zero attached hydrogens (tertiary/aromatic N) is 1. The van der Waals surface area contributed by atoms with E-state index in [0.29, 0.717) is 17.4 Å². The smallest absolute Gasteiger partial charge is 0.307 e. The molecule has 0 radical (unpaired) electrons. The Morgan fingerprint density at radius 2 is 1.88 bits per heavy atom. The second-order valence-electron chi connectivity index (χ2n) is 4.89. The minimum atomic E-state index is -0.419. The molecule has 0 unspecified atom stereocenters. The van der Waals surface area contributed by atoms with Gasteiger partial charge in [-0.2, -0.15) is 0 Å². The number of likely N-dealkylation sites (N-methyl/N-ethyl adjacent to an activating group) is 1. The molecule has 1 aromatic rings. The molecule has 0 aliphatic heterocycles. The molecule has 7 nitrogen and oxygen atoms in total. The number of halogens is 1. The molecule has 24 heavy (non-hydrogen) atoms. The average Bonchev–Trinajstić information content (AvgIpc) is 2.57. The van der Waals surface area contributed by atoms with Gasteiger partial charge in [0, 0.05) is 18.6 Å². The first-order valence-corrected chi connectivity index (χ1v) is 7.84. The van der Waals surface area contributed by atoms with Crippen molar-refractivity contribution in [2.45, 2.75) is 13.3 Å². The summed E-state index contributed by atoms with van der Waals surface area (Å²) in [5.41, 5.74) is 0. The molecule has 1 N–H and O–H groups in total. The van der Waals surface area contributed by atoms with E-state index >= 15 is 0 Å². The van der Waals surface area contributed by atoms with E-state index in [2.05, 4.69) is 5.32 Å². The minimum Gasteiger partial charge on any atom is -0.484 e. The van der Waals surface area contributed by atoms with Gasteiger partial charge in [-0.25, -0.2) is 0 Å². The summed E-state index contributed by atoms with van der Waals surface area (Å²) in [4.78, 5) is 36.1. The van der Waals surface area contributed by atoms with Crippen LogP contribution in [0.4, 0.5) is 0 Å². The first kappa shape index (κ1) is 19.8. The van der Waals surface area contributed by atoms with Crippen LogP contribution < -0.4 is 10.1 Å². The lowest BCUT2D eigenvalue weighted by Gasteiger charge is -2.17. The molecule has 0 aliphatic carbocycles. The molecule has 0 saturated carbocycles. The summed E-state index contributed by atoms with van der Waals surface area (Å²) in [7, 11) is 1.55. The fourth-order valence-electron chi connectivity index (χ4n) is 1.66. The summed E-state index contributed by atoms with van der Waals surface area (Å²) in [6, 6.07) is 6.58. The van der Waals surface area contributed by atoms with Crippen LogP contribution in [0.25, 0.3) is 0 Å². The van der Waals surface area contributed by atoms with E-state index in [0.717, 1.165) is 0 Å². The maximum Gasteiger partial charge on any atom is 0.307 e. The number of carbonyl (C=O) groups is 3. The van der Waals surface area contributed by atoms with E-state index in [1.54, 1.807) is 38.2 Å². The Kier molecular flexibility index (Phi) is 8.64. The molecule has 132 valence electrons. The number of hydrogen-bond donors (Lipinski definition) is 1. The van der Waals surface area contributed by atoms with Gasteiger partial charge in [-0.15, -0.1) is 0 Å². The molecule has 0 saturated heterocycles. The van der Waals surface area contributed by atoms with Gasteiger partial charge >= 0.3 is 5.97 Å². The van der Waals surface area contributed by atoms with Gasteiger partial charge in [-0.05, 0) is 31.2 Å². The second-order valence-corrected chi connectivity index (χ2v) is 5.33. The maximum atomic E-state index is 11.8. The number of rotatable bonds is 9. The van der Waals surface area contributed by atoms with Crippen molar-refractivity contribution in [3.05, 3.63) is 29.3 Å². The fourth-order valence-corrected chi connectivity index (χ4v) is 1.78. The normalized spacial score (nSPS) is 9.96. The molecule has 0 heterocycles. The summed E-state index contributed by atoms with van der Waals surface area (Å²) >= 11 is 5.75. The molecule has 0 aromatic heterocycles. The SMILES string of the molecule is CCOC(=O)CCN(C)C(=O)CNC(=O)COc1ccc(Cl)cc1. The van der Waals surface area contributed by atoms with Crippen LogP contribution >= 0.6 is 11.6 Å². The number of carbonyl (C=O) groups excluding carboxylic acids is 3. The molecule has 8 heteroatoms. The zero-order chi connectivity index (χ0) is 17.9. The molecule has 1 aromatic carbocycles. The monoisotopic (exact) mass is 356 g/mol. The molecule has 0 atom stereocenters. The van der Waals surface area contributed by atoms with Crippen LogP contribution in [0.3, 0.4) is 0 Å². The number of amides is 2. The van der Waals surface area contributed by atoms with Crippen molar-refractivity contribution in [1.29, 1.82) is 0 Å². The van der Waals surface area contributed by atoms with Crippen molar-refractivity contribution in [3.63, 3.8) is 0 Å². The van der Waals surface area contributed by atoms with Gasteiger partial charge in [0.25, 0.3) is 5.91 Å². The minimum absolute atomic E-state index is 0.115. The third-order valence-corrected chi connectivity index (χ3v) is 3.25. The van der Waals surface area contributed by atoms with Crippen molar-refractivity contribution in [2.24, 2.45) is 0 Å². The molecule has 2 amide bonds. The standard InChI is InChI=1S/C16H21ClN2O5/c1-3-23-16(22)8-9-19(2)15(21)10-18-14(20)11-24-13-6-4-12(17)5-7-13/h4-7H,3,8-11H2,1-2H3,(H,18,20). The van der Waals surface area contributed by atoms with Crippen LogP contribution in [0, 0.1) is 0 Å². The number of benzene rings is 1. The van der Waals surface area contributed by atoms with Gasteiger partial charge in [-0.3, -0.25) is 14.4 Å². The second kappa shape index (κ2) is 10.5. The molecule has 0 bridgehead atoms. The molecule has 1 rings (SSSR count). The zero-order valence-electron chi connectivity index (χ0n) is 13.7. The van der Waals surface area contributed by atoms with Gasteiger partial charge in [0.2, 0.25) is 5.91 Å². The Bertz CT molecular complexity index is 562. The number of esters is 1. The summed E-state index contributed by atoms with van der Waals surface area (Å²) < 4.78 is 10.0. The van der Waals surface area contributed by atoms with Gasteiger partial charge in [0.15, 0.2) is 6.61 Å². The predicted octanol–water partition coefficient (Wildman–Crippen LogP) is 1.25. The fraction of sp³-hybridized carbons (Fsp3) is 0.438. The van der Waals surface area contributed by atoms with Gasteiger partial charge < -0.3 is 19.7 Å². The van der Waals surface area contributed by atoms with Crippen molar-refractivity contribution >= 4 is 29.4 Å². The third kappa shape index (κ3) is 7.82. The number of nitrogens with one attached hydrogen (secondary N) is 1. The summed E-state index contributed by atoms with van der Waals surface area (Å²) in [5, 5.41) is 3.03. The highest BCUT2D eigenvalue weighted by atomic mass is 35.5. The summed E-state index contributed by atoms with van der Waals surface area (Å²) in [6.45, 7) is 1.88. The van der Waals surface area contributed by atoms with Crippen LogP contribution in [-0.2, 0) is 19.1 Å². The first-order chi connectivity index (χ1) is 11.4. The highest BCUT2D eigenvalue weighted by Gasteiger charge is 2.12. The molecule has 0 aliphatic rings. The van der Waals surface area contributed by atoms with Crippen molar-refractivity contribution in [3.8, 4) is 5.75 Å². The highest BCUT2D eigenvalue weighted by molar-refractivity contribution is 6.30.